The molecule has 0 aromatic heterocycles. The molecule has 1 atom stereocenters. The molecule has 0 radical (unpaired) electrons. The molecule has 0 saturated carbocycles. The van der Waals surface area contributed by atoms with Gasteiger partial charge in [-0.3, -0.25) is 4.79 Å². The minimum atomic E-state index is -1.40. The number of aliphatic carboxylic acids is 1. The number of carbonyl (C=O) groups is 3. The van der Waals surface area contributed by atoms with E-state index < -0.39 is 30.6 Å². The molecule has 3 amide bonds. The number of aliphatic hydroxyl groups is 1. The molecule has 0 fully saturated rings. The second kappa shape index (κ2) is 7.49. The number of nitrogens with two attached hydrogens (primary N) is 1. The monoisotopic (exact) mass is 261 g/mol. The van der Waals surface area contributed by atoms with Gasteiger partial charge < -0.3 is 26.2 Å². The Balaban J connectivity index is 4.63. The van der Waals surface area contributed by atoms with Crippen LogP contribution in [0.2, 0.25) is 0 Å². The van der Waals surface area contributed by atoms with Crippen LogP contribution in [0.4, 0.5) is 4.79 Å². The highest BCUT2D eigenvalue weighted by molar-refractivity contribution is 5.86. The van der Waals surface area contributed by atoms with Crippen molar-refractivity contribution in [1.82, 2.24) is 10.2 Å². The van der Waals surface area contributed by atoms with Crippen molar-refractivity contribution in [1.29, 1.82) is 0 Å². The maximum Gasteiger partial charge on any atom is 0.328 e. The van der Waals surface area contributed by atoms with E-state index in [2.05, 4.69) is 5.32 Å². The summed E-state index contributed by atoms with van der Waals surface area (Å²) in [7, 11) is 0. The van der Waals surface area contributed by atoms with Crippen LogP contribution >= 0.6 is 0 Å². The van der Waals surface area contributed by atoms with E-state index in [4.69, 9.17) is 15.9 Å². The fraction of sp³-hybridized carbons (Fsp3) is 0.700. The lowest BCUT2D eigenvalue weighted by Gasteiger charge is -2.25. The summed E-state index contributed by atoms with van der Waals surface area (Å²) in [6.07, 6.45) is 0. The van der Waals surface area contributed by atoms with Gasteiger partial charge in [-0.1, -0.05) is 13.8 Å². The van der Waals surface area contributed by atoms with Crippen LogP contribution in [0.1, 0.15) is 13.8 Å². The first kappa shape index (κ1) is 16.2. The third kappa shape index (κ3) is 6.04. The lowest BCUT2D eigenvalue weighted by Crippen LogP contribution is -2.52. The number of carboxylic acid groups (broad SMARTS) is 1. The molecule has 0 saturated heterocycles. The minimum absolute atomic E-state index is 0.0903. The van der Waals surface area contributed by atoms with Gasteiger partial charge in [-0.05, 0) is 5.92 Å². The number of amides is 3. The maximum atomic E-state index is 11.7. The topological polar surface area (TPSA) is 133 Å². The Hall–Kier alpha value is -1.83. The Morgan fingerprint density at radius 3 is 2.22 bits per heavy atom. The van der Waals surface area contributed by atoms with Crippen molar-refractivity contribution in [3.8, 4) is 0 Å². The first-order chi connectivity index (χ1) is 8.27. The predicted octanol–water partition coefficient (Wildman–Crippen LogP) is -1.42. The van der Waals surface area contributed by atoms with Crippen molar-refractivity contribution in [3.63, 3.8) is 0 Å². The van der Waals surface area contributed by atoms with E-state index in [-0.39, 0.29) is 19.0 Å². The van der Waals surface area contributed by atoms with Gasteiger partial charge in [0.2, 0.25) is 5.91 Å². The largest absolute Gasteiger partial charge is 0.480 e. The van der Waals surface area contributed by atoms with Gasteiger partial charge in [-0.25, -0.2) is 9.59 Å². The van der Waals surface area contributed by atoms with Crippen LogP contribution in [0, 0.1) is 5.92 Å². The zero-order valence-corrected chi connectivity index (χ0v) is 10.4. The Labute approximate surface area is 105 Å². The van der Waals surface area contributed by atoms with E-state index in [0.29, 0.717) is 0 Å². The summed E-state index contributed by atoms with van der Waals surface area (Å²) in [5, 5.41) is 19.6. The number of aliphatic hydroxyl groups excluding tert-OH is 1. The van der Waals surface area contributed by atoms with Gasteiger partial charge in [0.1, 0.15) is 6.54 Å². The molecule has 8 heteroatoms. The first-order valence-electron chi connectivity index (χ1n) is 5.45. The van der Waals surface area contributed by atoms with Gasteiger partial charge in [-0.2, -0.15) is 0 Å². The molecule has 5 N–H and O–H groups in total. The summed E-state index contributed by atoms with van der Waals surface area (Å²) in [6.45, 7) is 2.89. The average Bonchev–Trinajstić information content (AvgIpc) is 2.22. The van der Waals surface area contributed by atoms with Crippen LogP contribution in [0.15, 0.2) is 0 Å². The van der Waals surface area contributed by atoms with Crippen LogP contribution in [0.3, 0.4) is 0 Å². The van der Waals surface area contributed by atoms with Crippen molar-refractivity contribution in [2.75, 3.05) is 19.7 Å². The van der Waals surface area contributed by atoms with E-state index in [1.807, 2.05) is 13.8 Å². The van der Waals surface area contributed by atoms with Crippen molar-refractivity contribution in [2.24, 2.45) is 11.7 Å². The summed E-state index contributed by atoms with van der Waals surface area (Å²) >= 11 is 0. The van der Waals surface area contributed by atoms with E-state index in [1.165, 1.54) is 0 Å². The number of primary amides is 1. The molecule has 104 valence electrons. The molecule has 8 nitrogen and oxygen atoms in total. The Bertz CT molecular complexity index is 319. The van der Waals surface area contributed by atoms with Gasteiger partial charge in [0.05, 0.1) is 6.61 Å². The summed E-state index contributed by atoms with van der Waals surface area (Å²) in [4.78, 5) is 34.3. The minimum Gasteiger partial charge on any atom is -0.480 e. The Kier molecular flexibility index (Phi) is 6.73. The number of hydrogen-bond donors (Lipinski definition) is 4. The van der Waals surface area contributed by atoms with E-state index >= 15 is 0 Å². The lowest BCUT2D eigenvalue weighted by molar-refractivity contribution is -0.140. The van der Waals surface area contributed by atoms with Crippen molar-refractivity contribution < 1.29 is 24.6 Å². The average molecular weight is 261 g/mol. The molecule has 0 aromatic carbocycles. The van der Waals surface area contributed by atoms with Gasteiger partial charge in [-0.15, -0.1) is 0 Å². The molecular weight excluding hydrogens is 242 g/mol. The number of rotatable bonds is 7. The van der Waals surface area contributed by atoms with Crippen LogP contribution < -0.4 is 11.1 Å². The fourth-order valence-electron chi connectivity index (χ4n) is 1.27. The van der Waals surface area contributed by atoms with Gasteiger partial charge >= 0.3 is 12.0 Å². The number of nitrogens with one attached hydrogen (secondary N) is 1. The van der Waals surface area contributed by atoms with Crippen molar-refractivity contribution >= 4 is 17.9 Å². The molecule has 0 spiro atoms. The molecular formula is C10H19N3O5. The second-order valence-corrected chi connectivity index (χ2v) is 4.26. The quantitative estimate of drug-likeness (QED) is 0.446. The second-order valence-electron chi connectivity index (χ2n) is 4.26. The van der Waals surface area contributed by atoms with Crippen LogP contribution in [0.5, 0.6) is 0 Å². The van der Waals surface area contributed by atoms with Crippen molar-refractivity contribution in [2.45, 2.75) is 19.9 Å². The molecule has 0 unspecified atom stereocenters. The zero-order valence-electron chi connectivity index (χ0n) is 10.4. The predicted molar refractivity (Wildman–Crippen MR) is 62.6 cm³/mol. The SMILES string of the molecule is CC(C)CN(CC(N)=O)C(=O)N[C@H](CO)C(=O)O. The standard InChI is InChI=1S/C10H19N3O5/c1-6(2)3-13(4-8(11)15)10(18)12-7(5-14)9(16)17/h6-7,14H,3-5H2,1-2H3,(H2,11,15)(H,12,18)(H,16,17)/t7-/m1/s1. The van der Waals surface area contributed by atoms with Gasteiger partial charge in [0, 0.05) is 6.54 Å². The summed E-state index contributed by atoms with van der Waals surface area (Å²) in [5.74, 6) is -1.96. The summed E-state index contributed by atoms with van der Waals surface area (Å²) in [5.41, 5.74) is 5.00. The third-order valence-electron chi connectivity index (χ3n) is 2.00. The van der Waals surface area contributed by atoms with Crippen LogP contribution in [0.25, 0.3) is 0 Å². The highest BCUT2D eigenvalue weighted by Crippen LogP contribution is 1.99. The molecule has 0 aliphatic carbocycles. The van der Waals surface area contributed by atoms with E-state index in [9.17, 15) is 14.4 Å². The highest BCUT2D eigenvalue weighted by Gasteiger charge is 2.23. The number of carboxylic acids is 1. The molecule has 0 bridgehead atoms. The molecule has 0 aromatic rings. The van der Waals surface area contributed by atoms with Crippen molar-refractivity contribution in [3.05, 3.63) is 0 Å². The van der Waals surface area contributed by atoms with Crippen LogP contribution in [-0.2, 0) is 9.59 Å². The van der Waals surface area contributed by atoms with Gasteiger partial charge in [0.15, 0.2) is 6.04 Å². The number of nitrogens with zero attached hydrogens (tertiary/aromatic N) is 1. The number of carbonyl (C=O) groups excluding carboxylic acids is 2. The van der Waals surface area contributed by atoms with Gasteiger partial charge in [0.25, 0.3) is 0 Å². The molecule has 0 heterocycles. The smallest absolute Gasteiger partial charge is 0.328 e. The Morgan fingerprint density at radius 2 is 1.89 bits per heavy atom. The Morgan fingerprint density at radius 1 is 1.33 bits per heavy atom. The summed E-state index contributed by atoms with van der Waals surface area (Å²) in [6, 6.07) is -2.15. The molecule has 0 rings (SSSR count). The summed E-state index contributed by atoms with van der Waals surface area (Å²) < 4.78 is 0. The van der Waals surface area contributed by atoms with E-state index in [1.54, 1.807) is 0 Å². The molecule has 18 heavy (non-hydrogen) atoms. The lowest BCUT2D eigenvalue weighted by atomic mass is 10.2. The maximum absolute atomic E-state index is 11.7. The van der Waals surface area contributed by atoms with Crippen LogP contribution in [-0.4, -0.2) is 58.8 Å². The number of urea groups is 1. The normalized spacial score (nSPS) is 12.0. The molecule has 0 aliphatic rings. The fourth-order valence-corrected chi connectivity index (χ4v) is 1.27. The third-order valence-corrected chi connectivity index (χ3v) is 2.00. The number of hydrogen-bond acceptors (Lipinski definition) is 4. The zero-order chi connectivity index (χ0) is 14.3. The van der Waals surface area contributed by atoms with E-state index in [0.717, 1.165) is 4.90 Å². The molecule has 0 aliphatic heterocycles. The first-order valence-corrected chi connectivity index (χ1v) is 5.45. The highest BCUT2D eigenvalue weighted by atomic mass is 16.4.